The van der Waals surface area contributed by atoms with Crippen LogP contribution in [0.5, 0.6) is 5.75 Å². The second kappa shape index (κ2) is 5.91. The van der Waals surface area contributed by atoms with Crippen LogP contribution in [0, 0.1) is 3.70 Å². The molecule has 100 valence electrons. The molecule has 0 aliphatic carbocycles. The first-order chi connectivity index (χ1) is 8.28. The quantitative estimate of drug-likeness (QED) is 0.342. The van der Waals surface area contributed by atoms with E-state index in [4.69, 9.17) is 11.6 Å². The molecular formula is C9H6ClF3INO3. The van der Waals surface area contributed by atoms with Crippen molar-refractivity contribution >= 4 is 40.2 Å². The molecule has 0 fully saturated rings. The van der Waals surface area contributed by atoms with Gasteiger partial charge in [0, 0.05) is 11.6 Å². The minimum atomic E-state index is -4.88. The number of ether oxygens (including phenoxy) is 2. The number of esters is 1. The summed E-state index contributed by atoms with van der Waals surface area (Å²) in [4.78, 5) is 15.2. The molecule has 4 nitrogen and oxygen atoms in total. The average molecular weight is 396 g/mol. The highest BCUT2D eigenvalue weighted by Gasteiger charge is 2.33. The standard InChI is InChI=1S/C9H6ClF3INO3/c1-17-8(16)7-4(3-10)5(2-6(14)15-7)18-9(11,12)13/h2H,3H2,1H3. The lowest BCUT2D eigenvalue weighted by atomic mass is 10.2. The first-order valence-corrected chi connectivity index (χ1v) is 5.99. The second-order valence-corrected chi connectivity index (χ2v) is 4.32. The Balaban J connectivity index is 3.33. The zero-order valence-corrected chi connectivity index (χ0v) is 11.8. The number of carbonyl (C=O) groups is 1. The molecule has 1 rings (SSSR count). The van der Waals surface area contributed by atoms with Crippen LogP contribution in [0.4, 0.5) is 13.2 Å². The zero-order valence-electron chi connectivity index (χ0n) is 8.85. The minimum absolute atomic E-state index is 0.154. The van der Waals surface area contributed by atoms with Gasteiger partial charge < -0.3 is 9.47 Å². The fourth-order valence-corrected chi connectivity index (χ4v) is 1.91. The van der Waals surface area contributed by atoms with Crippen LogP contribution in [0.1, 0.15) is 16.1 Å². The molecule has 1 aromatic rings. The van der Waals surface area contributed by atoms with Crippen molar-refractivity contribution in [2.24, 2.45) is 0 Å². The third-order valence-electron chi connectivity index (χ3n) is 1.79. The molecule has 0 radical (unpaired) electrons. The number of carbonyl (C=O) groups excluding carboxylic acids is 1. The smallest absolute Gasteiger partial charge is 0.464 e. The molecule has 1 aromatic heterocycles. The van der Waals surface area contributed by atoms with Crippen LogP contribution >= 0.6 is 34.2 Å². The van der Waals surface area contributed by atoms with E-state index >= 15 is 0 Å². The fraction of sp³-hybridized carbons (Fsp3) is 0.333. The van der Waals surface area contributed by atoms with E-state index < -0.39 is 18.1 Å². The lowest BCUT2D eigenvalue weighted by Crippen LogP contribution is -2.20. The van der Waals surface area contributed by atoms with Gasteiger partial charge in [0.25, 0.3) is 0 Å². The molecule has 0 saturated carbocycles. The molecular weight excluding hydrogens is 389 g/mol. The van der Waals surface area contributed by atoms with Gasteiger partial charge in [-0.25, -0.2) is 9.78 Å². The van der Waals surface area contributed by atoms with E-state index in [0.29, 0.717) is 0 Å². The fourth-order valence-electron chi connectivity index (χ4n) is 1.13. The van der Waals surface area contributed by atoms with Crippen molar-refractivity contribution in [1.29, 1.82) is 0 Å². The van der Waals surface area contributed by atoms with Gasteiger partial charge in [-0.3, -0.25) is 0 Å². The molecule has 0 atom stereocenters. The molecule has 0 aliphatic heterocycles. The molecule has 0 N–H and O–H groups in total. The summed E-state index contributed by atoms with van der Waals surface area (Å²) >= 11 is 7.18. The Labute approximate surface area is 119 Å². The van der Waals surface area contributed by atoms with E-state index in [1.54, 1.807) is 22.6 Å². The number of alkyl halides is 4. The van der Waals surface area contributed by atoms with Gasteiger partial charge in [-0.1, -0.05) is 0 Å². The molecule has 0 unspecified atom stereocenters. The van der Waals surface area contributed by atoms with Gasteiger partial charge in [-0.2, -0.15) is 0 Å². The molecule has 9 heteroatoms. The summed E-state index contributed by atoms with van der Waals surface area (Å²) in [6.45, 7) is 0. The van der Waals surface area contributed by atoms with Gasteiger partial charge in [0.05, 0.1) is 13.0 Å². The van der Waals surface area contributed by atoms with E-state index in [2.05, 4.69) is 14.5 Å². The zero-order chi connectivity index (χ0) is 13.9. The molecule has 0 aliphatic rings. The predicted octanol–water partition coefficient (Wildman–Crippen LogP) is 3.11. The van der Waals surface area contributed by atoms with Crippen molar-refractivity contribution in [3.8, 4) is 5.75 Å². The number of hydrogen-bond donors (Lipinski definition) is 0. The predicted molar refractivity (Wildman–Crippen MR) is 64.5 cm³/mol. The van der Waals surface area contributed by atoms with Gasteiger partial charge in [-0.05, 0) is 22.6 Å². The van der Waals surface area contributed by atoms with Gasteiger partial charge >= 0.3 is 12.3 Å². The summed E-state index contributed by atoms with van der Waals surface area (Å²) in [6, 6.07) is 1.04. The van der Waals surface area contributed by atoms with E-state index in [0.717, 1.165) is 13.2 Å². The monoisotopic (exact) mass is 395 g/mol. The number of rotatable bonds is 3. The molecule has 0 spiro atoms. The lowest BCUT2D eigenvalue weighted by molar-refractivity contribution is -0.274. The SMILES string of the molecule is COC(=O)c1nc(I)cc(OC(F)(F)F)c1CCl. The van der Waals surface area contributed by atoms with E-state index in [-0.39, 0.29) is 20.8 Å². The largest absolute Gasteiger partial charge is 0.573 e. The number of methoxy groups -OCH3 is 1. The van der Waals surface area contributed by atoms with Crippen LogP contribution in [0.15, 0.2) is 6.07 Å². The molecule has 18 heavy (non-hydrogen) atoms. The van der Waals surface area contributed by atoms with Crippen LogP contribution in [-0.4, -0.2) is 24.4 Å². The number of pyridine rings is 1. The van der Waals surface area contributed by atoms with Crippen LogP contribution in [0.2, 0.25) is 0 Å². The topological polar surface area (TPSA) is 48.4 Å². The second-order valence-electron chi connectivity index (χ2n) is 2.94. The summed E-state index contributed by atoms with van der Waals surface area (Å²) in [5.41, 5.74) is -0.458. The summed E-state index contributed by atoms with van der Waals surface area (Å²) < 4.78 is 45.0. The average Bonchev–Trinajstić information content (AvgIpc) is 2.25. The molecule has 0 bridgehead atoms. The van der Waals surface area contributed by atoms with E-state index in [9.17, 15) is 18.0 Å². The van der Waals surface area contributed by atoms with Gasteiger partial charge in [0.2, 0.25) is 0 Å². The summed E-state index contributed by atoms with van der Waals surface area (Å²) in [6.07, 6.45) is -4.88. The van der Waals surface area contributed by atoms with Gasteiger partial charge in [-0.15, -0.1) is 24.8 Å². The van der Waals surface area contributed by atoms with Gasteiger partial charge in [0.15, 0.2) is 5.69 Å². The summed E-state index contributed by atoms with van der Waals surface area (Å²) in [7, 11) is 1.09. The molecule has 0 saturated heterocycles. The third-order valence-corrected chi connectivity index (χ3v) is 2.61. The first-order valence-electron chi connectivity index (χ1n) is 4.38. The van der Waals surface area contributed by atoms with Crippen molar-refractivity contribution in [2.75, 3.05) is 7.11 Å². The highest BCUT2D eigenvalue weighted by atomic mass is 127. The number of aromatic nitrogens is 1. The Hall–Kier alpha value is -0.770. The Bertz CT molecular complexity index is 467. The maximum absolute atomic E-state index is 12.2. The minimum Gasteiger partial charge on any atom is -0.464 e. The Morgan fingerprint density at radius 3 is 2.61 bits per heavy atom. The Morgan fingerprint density at radius 2 is 2.17 bits per heavy atom. The first kappa shape index (κ1) is 15.3. The summed E-state index contributed by atoms with van der Waals surface area (Å²) in [5, 5.41) is 0. The van der Waals surface area contributed by atoms with E-state index in [1.807, 2.05) is 0 Å². The molecule has 0 amide bonds. The van der Waals surface area contributed by atoms with Crippen molar-refractivity contribution in [2.45, 2.75) is 12.2 Å². The normalized spacial score (nSPS) is 11.2. The third kappa shape index (κ3) is 3.87. The van der Waals surface area contributed by atoms with Crippen LogP contribution < -0.4 is 4.74 Å². The van der Waals surface area contributed by atoms with Gasteiger partial charge in [0.1, 0.15) is 9.45 Å². The van der Waals surface area contributed by atoms with Crippen LogP contribution in [0.3, 0.4) is 0 Å². The van der Waals surface area contributed by atoms with Crippen LogP contribution in [-0.2, 0) is 10.6 Å². The van der Waals surface area contributed by atoms with Crippen molar-refractivity contribution in [1.82, 2.24) is 4.98 Å². The van der Waals surface area contributed by atoms with Crippen molar-refractivity contribution in [3.63, 3.8) is 0 Å². The maximum Gasteiger partial charge on any atom is 0.573 e. The highest BCUT2D eigenvalue weighted by Crippen LogP contribution is 2.30. The van der Waals surface area contributed by atoms with E-state index in [1.165, 1.54) is 0 Å². The lowest BCUT2D eigenvalue weighted by Gasteiger charge is -2.14. The Kier molecular flexibility index (Phi) is 5.02. The molecule has 0 aromatic carbocycles. The molecule has 1 heterocycles. The number of nitrogens with zero attached hydrogens (tertiary/aromatic N) is 1. The Morgan fingerprint density at radius 1 is 1.56 bits per heavy atom. The van der Waals surface area contributed by atoms with Crippen molar-refractivity contribution < 1.29 is 27.4 Å². The highest BCUT2D eigenvalue weighted by molar-refractivity contribution is 14.1. The number of hydrogen-bond acceptors (Lipinski definition) is 4. The number of halogens is 5. The van der Waals surface area contributed by atoms with Crippen LogP contribution in [0.25, 0.3) is 0 Å². The maximum atomic E-state index is 12.2. The van der Waals surface area contributed by atoms with Crippen molar-refractivity contribution in [3.05, 3.63) is 21.0 Å². The summed E-state index contributed by atoms with van der Waals surface area (Å²) in [5.74, 6) is -1.80.